The summed E-state index contributed by atoms with van der Waals surface area (Å²) in [6, 6.07) is 13.8. The SMILES string of the molecule is Cc1cccc(C(C)C)c1NC(=O)CN(C)C[C@H]1COc2ccccc2O1. The second-order valence-electron chi connectivity index (χ2n) is 7.44. The van der Waals surface area contributed by atoms with Gasteiger partial charge in [-0.1, -0.05) is 44.2 Å². The van der Waals surface area contributed by atoms with E-state index in [0.29, 0.717) is 25.6 Å². The average molecular weight is 368 g/mol. The van der Waals surface area contributed by atoms with Crippen LogP contribution in [0.25, 0.3) is 0 Å². The van der Waals surface area contributed by atoms with Crippen LogP contribution in [-0.2, 0) is 4.79 Å². The van der Waals surface area contributed by atoms with Gasteiger partial charge in [0.15, 0.2) is 11.5 Å². The largest absolute Gasteiger partial charge is 0.486 e. The Bertz CT molecular complexity index is 804. The van der Waals surface area contributed by atoms with Crippen LogP contribution >= 0.6 is 0 Å². The molecule has 1 amide bonds. The lowest BCUT2D eigenvalue weighted by Gasteiger charge is -2.29. The van der Waals surface area contributed by atoms with Crippen molar-refractivity contribution < 1.29 is 14.3 Å². The van der Waals surface area contributed by atoms with Crippen LogP contribution < -0.4 is 14.8 Å². The van der Waals surface area contributed by atoms with Gasteiger partial charge in [0.05, 0.1) is 6.54 Å². The summed E-state index contributed by atoms with van der Waals surface area (Å²) in [5, 5.41) is 3.09. The van der Waals surface area contributed by atoms with Gasteiger partial charge in [-0.25, -0.2) is 0 Å². The zero-order valence-corrected chi connectivity index (χ0v) is 16.5. The highest BCUT2D eigenvalue weighted by atomic mass is 16.6. The highest BCUT2D eigenvalue weighted by molar-refractivity contribution is 5.93. The number of ether oxygens (including phenoxy) is 2. The van der Waals surface area contributed by atoms with Gasteiger partial charge in [0.1, 0.15) is 12.7 Å². The van der Waals surface area contributed by atoms with E-state index in [4.69, 9.17) is 9.47 Å². The van der Waals surface area contributed by atoms with Crippen molar-refractivity contribution in [1.82, 2.24) is 4.90 Å². The Morgan fingerprint density at radius 2 is 1.93 bits per heavy atom. The fourth-order valence-corrected chi connectivity index (χ4v) is 3.33. The first-order valence-corrected chi connectivity index (χ1v) is 9.40. The molecule has 0 spiro atoms. The smallest absolute Gasteiger partial charge is 0.238 e. The normalized spacial score (nSPS) is 15.9. The van der Waals surface area contributed by atoms with Crippen LogP contribution in [0.1, 0.15) is 30.9 Å². The van der Waals surface area contributed by atoms with Crippen LogP contribution in [0.15, 0.2) is 42.5 Å². The van der Waals surface area contributed by atoms with E-state index in [-0.39, 0.29) is 12.0 Å². The van der Waals surface area contributed by atoms with E-state index in [1.54, 1.807) is 0 Å². The van der Waals surface area contributed by atoms with Crippen LogP contribution in [0.5, 0.6) is 11.5 Å². The second kappa shape index (κ2) is 8.44. The summed E-state index contributed by atoms with van der Waals surface area (Å²) in [6.45, 7) is 7.69. The minimum atomic E-state index is -0.0950. The number of aryl methyl sites for hydroxylation is 1. The molecular weight excluding hydrogens is 340 g/mol. The molecule has 1 atom stereocenters. The molecule has 0 aromatic heterocycles. The highest BCUT2D eigenvalue weighted by Gasteiger charge is 2.23. The zero-order chi connectivity index (χ0) is 19.4. The molecule has 1 heterocycles. The summed E-state index contributed by atoms with van der Waals surface area (Å²) in [7, 11) is 1.92. The number of carbonyl (C=O) groups excluding carboxylic acids is 1. The number of fused-ring (bicyclic) bond motifs is 1. The van der Waals surface area contributed by atoms with Gasteiger partial charge in [-0.05, 0) is 43.1 Å². The van der Waals surface area contributed by atoms with Crippen molar-refractivity contribution >= 4 is 11.6 Å². The Morgan fingerprint density at radius 1 is 1.19 bits per heavy atom. The molecule has 27 heavy (non-hydrogen) atoms. The summed E-state index contributed by atoms with van der Waals surface area (Å²) < 4.78 is 11.7. The van der Waals surface area contributed by atoms with Gasteiger partial charge < -0.3 is 14.8 Å². The molecule has 3 rings (SSSR count). The average Bonchev–Trinajstić information content (AvgIpc) is 2.63. The Balaban J connectivity index is 1.56. The molecule has 5 nitrogen and oxygen atoms in total. The molecule has 5 heteroatoms. The molecule has 0 saturated carbocycles. The molecule has 0 saturated heterocycles. The number of likely N-dealkylation sites (N-methyl/N-ethyl adjacent to an activating group) is 1. The minimum Gasteiger partial charge on any atom is -0.486 e. The van der Waals surface area contributed by atoms with E-state index >= 15 is 0 Å². The van der Waals surface area contributed by atoms with E-state index in [1.165, 1.54) is 0 Å². The van der Waals surface area contributed by atoms with Crippen LogP contribution in [-0.4, -0.2) is 43.7 Å². The van der Waals surface area contributed by atoms with E-state index < -0.39 is 0 Å². The summed E-state index contributed by atoms with van der Waals surface area (Å²) in [5.41, 5.74) is 3.17. The van der Waals surface area contributed by atoms with Gasteiger partial charge in [0.2, 0.25) is 5.91 Å². The van der Waals surface area contributed by atoms with E-state index in [9.17, 15) is 4.79 Å². The fraction of sp³-hybridized carbons (Fsp3) is 0.409. The van der Waals surface area contributed by atoms with Gasteiger partial charge in [0.25, 0.3) is 0 Å². The Labute approximate surface area is 161 Å². The lowest BCUT2D eigenvalue weighted by atomic mass is 9.98. The Hall–Kier alpha value is -2.53. The first kappa shape index (κ1) is 19.2. The zero-order valence-electron chi connectivity index (χ0n) is 16.5. The standard InChI is InChI=1S/C22H28N2O3/c1-15(2)18-9-7-8-16(3)22(18)23-21(25)13-24(4)12-17-14-26-19-10-5-6-11-20(19)27-17/h5-11,15,17H,12-14H2,1-4H3,(H,23,25)/t17-/m0/s1. The molecule has 1 aliphatic rings. The van der Waals surface area contributed by atoms with E-state index in [1.807, 2.05) is 55.3 Å². The summed E-state index contributed by atoms with van der Waals surface area (Å²) >= 11 is 0. The molecule has 0 unspecified atom stereocenters. The third-order valence-corrected chi connectivity index (χ3v) is 4.69. The van der Waals surface area contributed by atoms with Crippen molar-refractivity contribution in [2.24, 2.45) is 0 Å². The molecule has 0 radical (unpaired) electrons. The summed E-state index contributed by atoms with van der Waals surface area (Å²) in [5.74, 6) is 1.86. The van der Waals surface area contributed by atoms with Crippen molar-refractivity contribution in [2.75, 3.05) is 32.1 Å². The van der Waals surface area contributed by atoms with Gasteiger partial charge in [-0.2, -0.15) is 0 Å². The number of nitrogens with one attached hydrogen (secondary N) is 1. The number of hydrogen-bond donors (Lipinski definition) is 1. The summed E-state index contributed by atoms with van der Waals surface area (Å²) in [6.07, 6.45) is -0.0950. The highest BCUT2D eigenvalue weighted by Crippen LogP contribution is 2.31. The number of benzene rings is 2. The first-order chi connectivity index (χ1) is 12.9. The third kappa shape index (κ3) is 4.80. The number of nitrogens with zero attached hydrogens (tertiary/aromatic N) is 1. The van der Waals surface area contributed by atoms with Gasteiger partial charge in [-0.3, -0.25) is 9.69 Å². The van der Waals surface area contributed by atoms with Crippen LogP contribution in [0.3, 0.4) is 0 Å². The van der Waals surface area contributed by atoms with Crippen molar-refractivity contribution in [3.8, 4) is 11.5 Å². The van der Waals surface area contributed by atoms with Crippen LogP contribution in [0, 0.1) is 6.92 Å². The topological polar surface area (TPSA) is 50.8 Å². The molecular formula is C22H28N2O3. The maximum absolute atomic E-state index is 12.6. The van der Waals surface area contributed by atoms with Crippen molar-refractivity contribution in [3.63, 3.8) is 0 Å². The van der Waals surface area contributed by atoms with Crippen molar-refractivity contribution in [2.45, 2.75) is 32.8 Å². The Kier molecular flexibility index (Phi) is 6.01. The summed E-state index contributed by atoms with van der Waals surface area (Å²) in [4.78, 5) is 14.5. The number of hydrogen-bond acceptors (Lipinski definition) is 4. The Morgan fingerprint density at radius 3 is 2.67 bits per heavy atom. The van der Waals surface area contributed by atoms with Crippen molar-refractivity contribution in [1.29, 1.82) is 0 Å². The number of anilines is 1. The monoisotopic (exact) mass is 368 g/mol. The maximum atomic E-state index is 12.6. The lowest BCUT2D eigenvalue weighted by molar-refractivity contribution is -0.117. The molecule has 1 aliphatic heterocycles. The number of carbonyl (C=O) groups is 1. The van der Waals surface area contributed by atoms with Crippen molar-refractivity contribution in [3.05, 3.63) is 53.6 Å². The van der Waals surface area contributed by atoms with Gasteiger partial charge >= 0.3 is 0 Å². The lowest BCUT2D eigenvalue weighted by Crippen LogP contribution is -2.42. The molecule has 0 bridgehead atoms. The molecule has 144 valence electrons. The maximum Gasteiger partial charge on any atom is 0.238 e. The number of amides is 1. The van der Waals surface area contributed by atoms with E-state index in [2.05, 4.69) is 25.2 Å². The predicted octanol–water partition coefficient (Wildman–Crippen LogP) is 3.83. The van der Waals surface area contributed by atoms with E-state index in [0.717, 1.165) is 28.3 Å². The second-order valence-corrected chi connectivity index (χ2v) is 7.44. The molecule has 0 aliphatic carbocycles. The minimum absolute atomic E-state index is 0.0224. The quantitative estimate of drug-likeness (QED) is 0.842. The number of para-hydroxylation sites is 3. The fourth-order valence-electron chi connectivity index (χ4n) is 3.33. The van der Waals surface area contributed by atoms with Crippen LogP contribution in [0.4, 0.5) is 5.69 Å². The predicted molar refractivity (Wildman–Crippen MR) is 108 cm³/mol. The first-order valence-electron chi connectivity index (χ1n) is 9.40. The molecule has 0 fully saturated rings. The number of rotatable bonds is 6. The molecule has 2 aromatic rings. The van der Waals surface area contributed by atoms with Gasteiger partial charge in [-0.15, -0.1) is 0 Å². The third-order valence-electron chi connectivity index (χ3n) is 4.69. The van der Waals surface area contributed by atoms with Crippen LogP contribution in [0.2, 0.25) is 0 Å². The molecule has 1 N–H and O–H groups in total. The van der Waals surface area contributed by atoms with Gasteiger partial charge in [0, 0.05) is 12.2 Å². The molecule has 2 aromatic carbocycles.